The number of aryl methyl sites for hydroxylation is 1. The standard InChI is InChI=1S/C13H23N3O/c1-4-17-11-7-10(8-11)9-12(14-2)13-5-6-15-16(13)3/h5-6,10-12,14H,4,7-9H2,1-3H3. The van der Waals surface area contributed by atoms with Crippen LogP contribution in [0.5, 0.6) is 0 Å². The predicted octanol–water partition coefficient (Wildman–Crippen LogP) is 1.89. The smallest absolute Gasteiger partial charge is 0.0580 e. The van der Waals surface area contributed by atoms with E-state index in [4.69, 9.17) is 4.74 Å². The van der Waals surface area contributed by atoms with Crippen molar-refractivity contribution in [1.82, 2.24) is 15.1 Å². The van der Waals surface area contributed by atoms with Gasteiger partial charge in [0.1, 0.15) is 0 Å². The fourth-order valence-electron chi connectivity index (χ4n) is 2.68. The second kappa shape index (κ2) is 5.65. The van der Waals surface area contributed by atoms with E-state index in [2.05, 4.69) is 23.4 Å². The molecule has 4 nitrogen and oxygen atoms in total. The summed E-state index contributed by atoms with van der Waals surface area (Å²) in [5.74, 6) is 0.791. The molecule has 4 heteroatoms. The summed E-state index contributed by atoms with van der Waals surface area (Å²) in [4.78, 5) is 0. The van der Waals surface area contributed by atoms with Crippen LogP contribution in [0.3, 0.4) is 0 Å². The average molecular weight is 237 g/mol. The van der Waals surface area contributed by atoms with Gasteiger partial charge in [-0.25, -0.2) is 0 Å². The highest BCUT2D eigenvalue weighted by molar-refractivity contribution is 5.07. The van der Waals surface area contributed by atoms with Crippen molar-refractivity contribution in [3.05, 3.63) is 18.0 Å². The Morgan fingerprint density at radius 3 is 2.88 bits per heavy atom. The molecule has 1 aromatic rings. The second-order valence-corrected chi connectivity index (χ2v) is 4.87. The van der Waals surface area contributed by atoms with Gasteiger partial charge in [-0.15, -0.1) is 0 Å². The van der Waals surface area contributed by atoms with Crippen LogP contribution in [0.25, 0.3) is 0 Å². The van der Waals surface area contributed by atoms with Crippen LogP contribution >= 0.6 is 0 Å². The Hall–Kier alpha value is -0.870. The molecule has 2 rings (SSSR count). The molecule has 0 radical (unpaired) electrons. The molecule has 0 bridgehead atoms. The Labute approximate surface area is 103 Å². The highest BCUT2D eigenvalue weighted by Gasteiger charge is 2.31. The van der Waals surface area contributed by atoms with E-state index in [0.717, 1.165) is 12.5 Å². The zero-order valence-corrected chi connectivity index (χ0v) is 11.0. The van der Waals surface area contributed by atoms with Crippen LogP contribution in [0.2, 0.25) is 0 Å². The molecule has 0 aromatic carbocycles. The Bertz CT molecular complexity index is 344. The summed E-state index contributed by atoms with van der Waals surface area (Å²) >= 11 is 0. The van der Waals surface area contributed by atoms with Crippen molar-refractivity contribution < 1.29 is 4.74 Å². The van der Waals surface area contributed by atoms with Gasteiger partial charge in [0.2, 0.25) is 0 Å². The highest BCUT2D eigenvalue weighted by atomic mass is 16.5. The summed E-state index contributed by atoms with van der Waals surface area (Å²) in [6.07, 6.45) is 5.98. The molecule has 1 heterocycles. The van der Waals surface area contributed by atoms with Gasteiger partial charge in [-0.2, -0.15) is 5.10 Å². The molecule has 1 N–H and O–H groups in total. The summed E-state index contributed by atoms with van der Waals surface area (Å²) in [6.45, 7) is 2.91. The minimum Gasteiger partial charge on any atom is -0.378 e. The first-order valence-corrected chi connectivity index (χ1v) is 6.51. The third-order valence-electron chi connectivity index (χ3n) is 3.73. The van der Waals surface area contributed by atoms with Crippen molar-refractivity contribution in [3.8, 4) is 0 Å². The Balaban J connectivity index is 1.84. The quantitative estimate of drug-likeness (QED) is 0.821. The van der Waals surface area contributed by atoms with E-state index in [-0.39, 0.29) is 0 Å². The first-order valence-electron chi connectivity index (χ1n) is 6.51. The summed E-state index contributed by atoms with van der Waals surface area (Å²) < 4.78 is 7.56. The number of nitrogens with one attached hydrogen (secondary N) is 1. The normalized spacial score (nSPS) is 25.6. The third-order valence-corrected chi connectivity index (χ3v) is 3.73. The number of nitrogens with zero attached hydrogens (tertiary/aromatic N) is 2. The van der Waals surface area contributed by atoms with Crippen LogP contribution in [0, 0.1) is 5.92 Å². The maximum atomic E-state index is 5.60. The minimum atomic E-state index is 0.412. The van der Waals surface area contributed by atoms with Crippen LogP contribution in [0.1, 0.15) is 37.9 Å². The fraction of sp³-hybridized carbons (Fsp3) is 0.769. The zero-order valence-electron chi connectivity index (χ0n) is 11.0. The molecule has 0 aliphatic heterocycles. The molecule has 1 atom stereocenters. The largest absolute Gasteiger partial charge is 0.378 e. The molecule has 1 fully saturated rings. The average Bonchev–Trinajstić information content (AvgIpc) is 2.68. The summed E-state index contributed by atoms with van der Waals surface area (Å²) in [7, 11) is 4.03. The molecular formula is C13H23N3O. The van der Waals surface area contributed by atoms with E-state index in [0.29, 0.717) is 12.1 Å². The van der Waals surface area contributed by atoms with Crippen molar-refractivity contribution >= 4 is 0 Å². The monoisotopic (exact) mass is 237 g/mol. The Kier molecular flexibility index (Phi) is 4.18. The van der Waals surface area contributed by atoms with Gasteiger partial charge < -0.3 is 10.1 Å². The van der Waals surface area contributed by atoms with Crippen LogP contribution in [-0.4, -0.2) is 29.5 Å². The van der Waals surface area contributed by atoms with Gasteiger partial charge in [-0.3, -0.25) is 4.68 Å². The van der Waals surface area contributed by atoms with Crippen molar-refractivity contribution in [1.29, 1.82) is 0 Å². The summed E-state index contributed by atoms with van der Waals surface area (Å²) in [5, 5.41) is 7.62. The van der Waals surface area contributed by atoms with Crippen molar-refractivity contribution in [2.75, 3.05) is 13.7 Å². The van der Waals surface area contributed by atoms with Gasteiger partial charge in [-0.05, 0) is 45.2 Å². The molecule has 0 amide bonds. The lowest BCUT2D eigenvalue weighted by atomic mass is 9.77. The molecule has 1 aromatic heterocycles. The lowest BCUT2D eigenvalue weighted by Gasteiger charge is -2.37. The fourth-order valence-corrected chi connectivity index (χ4v) is 2.68. The molecule has 1 unspecified atom stereocenters. The minimum absolute atomic E-state index is 0.412. The van der Waals surface area contributed by atoms with E-state index < -0.39 is 0 Å². The summed E-state index contributed by atoms with van der Waals surface area (Å²) in [6, 6.07) is 2.51. The first kappa shape index (κ1) is 12.6. The maximum absolute atomic E-state index is 5.60. The van der Waals surface area contributed by atoms with Crippen molar-refractivity contribution in [3.63, 3.8) is 0 Å². The van der Waals surface area contributed by atoms with E-state index in [1.54, 1.807) is 0 Å². The number of rotatable bonds is 6. The highest BCUT2D eigenvalue weighted by Crippen LogP contribution is 2.36. The van der Waals surface area contributed by atoms with Gasteiger partial charge in [0.25, 0.3) is 0 Å². The van der Waals surface area contributed by atoms with E-state index >= 15 is 0 Å². The van der Waals surface area contributed by atoms with Gasteiger partial charge >= 0.3 is 0 Å². The number of hydrogen-bond donors (Lipinski definition) is 1. The summed E-state index contributed by atoms with van der Waals surface area (Å²) in [5.41, 5.74) is 1.27. The topological polar surface area (TPSA) is 39.1 Å². The number of aromatic nitrogens is 2. The molecule has 1 saturated carbocycles. The Morgan fingerprint density at radius 1 is 1.59 bits per heavy atom. The van der Waals surface area contributed by atoms with Gasteiger partial charge in [0.05, 0.1) is 11.8 Å². The molecule has 0 spiro atoms. The van der Waals surface area contributed by atoms with Gasteiger partial charge in [-0.1, -0.05) is 0 Å². The second-order valence-electron chi connectivity index (χ2n) is 4.87. The van der Waals surface area contributed by atoms with Crippen LogP contribution in [0.15, 0.2) is 12.3 Å². The molecular weight excluding hydrogens is 214 g/mol. The van der Waals surface area contributed by atoms with Crippen LogP contribution in [-0.2, 0) is 11.8 Å². The number of ether oxygens (including phenoxy) is 1. The van der Waals surface area contributed by atoms with Gasteiger partial charge in [0, 0.05) is 25.9 Å². The molecule has 96 valence electrons. The maximum Gasteiger partial charge on any atom is 0.0580 e. The molecule has 1 aliphatic rings. The number of hydrogen-bond acceptors (Lipinski definition) is 3. The van der Waals surface area contributed by atoms with Gasteiger partial charge in [0.15, 0.2) is 0 Å². The zero-order chi connectivity index (χ0) is 12.3. The first-order chi connectivity index (χ1) is 8.24. The van der Waals surface area contributed by atoms with E-state index in [1.165, 1.54) is 25.0 Å². The SMILES string of the molecule is CCOC1CC(CC(NC)c2ccnn2C)C1. The van der Waals surface area contributed by atoms with Crippen molar-refractivity contribution in [2.24, 2.45) is 13.0 Å². The molecule has 17 heavy (non-hydrogen) atoms. The Morgan fingerprint density at radius 2 is 2.35 bits per heavy atom. The van der Waals surface area contributed by atoms with E-state index in [9.17, 15) is 0 Å². The third kappa shape index (κ3) is 2.87. The van der Waals surface area contributed by atoms with Crippen molar-refractivity contribution in [2.45, 2.75) is 38.3 Å². The molecule has 0 saturated heterocycles. The molecule has 1 aliphatic carbocycles. The lowest BCUT2D eigenvalue weighted by Crippen LogP contribution is -2.34. The predicted molar refractivity (Wildman–Crippen MR) is 67.8 cm³/mol. The van der Waals surface area contributed by atoms with Crippen LogP contribution < -0.4 is 5.32 Å². The van der Waals surface area contributed by atoms with Crippen LogP contribution in [0.4, 0.5) is 0 Å². The van der Waals surface area contributed by atoms with E-state index in [1.807, 2.05) is 25.0 Å². The lowest BCUT2D eigenvalue weighted by molar-refractivity contribution is -0.0291.